The number of carbonyl (C=O) groups excluding carboxylic acids is 2. The lowest BCUT2D eigenvalue weighted by atomic mass is 9.82. The maximum absolute atomic E-state index is 11.3. The van der Waals surface area contributed by atoms with Crippen LogP contribution in [-0.4, -0.2) is 29.5 Å². The molecule has 0 aliphatic carbocycles. The molecule has 0 atom stereocenters. The van der Waals surface area contributed by atoms with Gasteiger partial charge in [-0.2, -0.15) is 8.42 Å². The number of primary amides is 2. The molecule has 18 heavy (non-hydrogen) atoms. The second kappa shape index (κ2) is 4.91. The molecule has 0 fully saturated rings. The highest BCUT2D eigenvalue weighted by Gasteiger charge is 2.46. The van der Waals surface area contributed by atoms with Crippen LogP contribution in [0.2, 0.25) is 0 Å². The van der Waals surface area contributed by atoms with Gasteiger partial charge in [0, 0.05) is 17.1 Å². The van der Waals surface area contributed by atoms with Crippen LogP contribution in [0, 0.1) is 5.92 Å². The van der Waals surface area contributed by atoms with Crippen molar-refractivity contribution in [3.05, 3.63) is 24.3 Å². The summed E-state index contributed by atoms with van der Waals surface area (Å²) >= 11 is 0. The molecule has 102 valence electrons. The Balaban J connectivity index is 5.95. The van der Waals surface area contributed by atoms with E-state index in [4.69, 9.17) is 16.0 Å². The molecule has 0 aliphatic rings. The molecule has 0 aromatic heterocycles. The van der Waals surface area contributed by atoms with Crippen molar-refractivity contribution in [1.82, 2.24) is 0 Å². The van der Waals surface area contributed by atoms with Gasteiger partial charge in [0.15, 0.2) is 0 Å². The van der Waals surface area contributed by atoms with Crippen molar-refractivity contribution in [2.24, 2.45) is 17.4 Å². The first-order valence-electron chi connectivity index (χ1n) is 4.78. The van der Waals surface area contributed by atoms with E-state index in [-0.39, 0.29) is 11.1 Å². The Bertz CT molecular complexity index is 492. The zero-order chi connectivity index (χ0) is 14.9. The zero-order valence-corrected chi connectivity index (χ0v) is 11.0. The van der Waals surface area contributed by atoms with Crippen LogP contribution in [0.1, 0.15) is 13.8 Å². The molecule has 0 aliphatic heterocycles. The van der Waals surface area contributed by atoms with Crippen LogP contribution in [0.15, 0.2) is 24.3 Å². The summed E-state index contributed by atoms with van der Waals surface area (Å²) in [4.78, 5) is 22.2. The minimum Gasteiger partial charge on any atom is -0.366 e. The highest BCUT2D eigenvalue weighted by atomic mass is 32.2. The van der Waals surface area contributed by atoms with E-state index in [1.54, 1.807) is 0 Å². The van der Waals surface area contributed by atoms with Gasteiger partial charge in [0.25, 0.3) is 10.1 Å². The maximum atomic E-state index is 11.3. The molecule has 0 rings (SSSR count). The topological polar surface area (TPSA) is 141 Å². The Labute approximate surface area is 105 Å². The second-order valence-electron chi connectivity index (χ2n) is 4.29. The van der Waals surface area contributed by atoms with Gasteiger partial charge in [-0.25, -0.2) is 0 Å². The molecule has 8 heteroatoms. The van der Waals surface area contributed by atoms with Crippen LogP contribution in [0.3, 0.4) is 0 Å². The molecule has 0 radical (unpaired) electrons. The Morgan fingerprint density at radius 2 is 1.39 bits per heavy atom. The summed E-state index contributed by atoms with van der Waals surface area (Å²) < 4.78 is 29.9. The molecule has 0 unspecified atom stereocenters. The molecular weight excluding hydrogens is 260 g/mol. The number of carbonyl (C=O) groups is 2. The summed E-state index contributed by atoms with van der Waals surface area (Å²) in [6.07, 6.45) is 0. The fourth-order valence-corrected chi connectivity index (χ4v) is 2.07. The summed E-state index contributed by atoms with van der Waals surface area (Å²) in [7, 11) is -4.60. The van der Waals surface area contributed by atoms with Crippen molar-refractivity contribution in [3.63, 3.8) is 0 Å². The maximum Gasteiger partial charge on any atom is 0.271 e. The number of hydrogen-bond donors (Lipinski definition) is 3. The summed E-state index contributed by atoms with van der Waals surface area (Å²) in [5, 5.41) is 0. The van der Waals surface area contributed by atoms with Gasteiger partial charge in [-0.15, -0.1) is 0 Å². The van der Waals surface area contributed by atoms with Gasteiger partial charge >= 0.3 is 0 Å². The Kier molecular flexibility index (Phi) is 4.45. The van der Waals surface area contributed by atoms with Gasteiger partial charge in [-0.05, 0) is 13.8 Å². The SMILES string of the molecule is C=C(C(N)=O)C(C(=C)C(N)=O)C(C)(C)S(=O)(=O)O. The third kappa shape index (κ3) is 2.96. The minimum atomic E-state index is -4.60. The van der Waals surface area contributed by atoms with E-state index in [0.29, 0.717) is 0 Å². The number of hydrogen-bond acceptors (Lipinski definition) is 4. The fourth-order valence-electron chi connectivity index (χ4n) is 1.48. The number of rotatable bonds is 6. The molecule has 0 saturated heterocycles. The highest BCUT2D eigenvalue weighted by molar-refractivity contribution is 7.87. The van der Waals surface area contributed by atoms with Crippen LogP contribution in [-0.2, 0) is 19.7 Å². The lowest BCUT2D eigenvalue weighted by Crippen LogP contribution is -2.45. The molecule has 0 bridgehead atoms. The van der Waals surface area contributed by atoms with Gasteiger partial charge in [0.1, 0.15) is 4.75 Å². The molecule has 5 N–H and O–H groups in total. The van der Waals surface area contributed by atoms with Crippen molar-refractivity contribution < 1.29 is 22.6 Å². The lowest BCUT2D eigenvalue weighted by molar-refractivity contribution is -0.115. The smallest absolute Gasteiger partial charge is 0.271 e. The van der Waals surface area contributed by atoms with Crippen molar-refractivity contribution in [3.8, 4) is 0 Å². The first kappa shape index (κ1) is 16.3. The highest BCUT2D eigenvalue weighted by Crippen LogP contribution is 2.35. The molecule has 7 nitrogen and oxygen atoms in total. The van der Waals surface area contributed by atoms with Crippen molar-refractivity contribution in [2.75, 3.05) is 0 Å². The molecule has 0 aromatic rings. The van der Waals surface area contributed by atoms with Crippen LogP contribution >= 0.6 is 0 Å². The van der Waals surface area contributed by atoms with E-state index in [2.05, 4.69) is 13.2 Å². The van der Waals surface area contributed by atoms with Gasteiger partial charge in [0.2, 0.25) is 11.8 Å². The van der Waals surface area contributed by atoms with Gasteiger partial charge < -0.3 is 11.5 Å². The monoisotopic (exact) mass is 276 g/mol. The predicted molar refractivity (Wildman–Crippen MR) is 65.8 cm³/mol. The lowest BCUT2D eigenvalue weighted by Gasteiger charge is -2.32. The van der Waals surface area contributed by atoms with Gasteiger partial charge in [-0.3, -0.25) is 14.1 Å². The van der Waals surface area contributed by atoms with E-state index in [1.165, 1.54) is 0 Å². The third-order valence-electron chi connectivity index (χ3n) is 2.69. The van der Waals surface area contributed by atoms with Crippen molar-refractivity contribution in [2.45, 2.75) is 18.6 Å². The number of amides is 2. The third-order valence-corrected chi connectivity index (χ3v) is 4.26. The van der Waals surface area contributed by atoms with E-state index in [1.807, 2.05) is 0 Å². The molecule has 0 saturated carbocycles. The molecule has 2 amide bonds. The van der Waals surface area contributed by atoms with Gasteiger partial charge in [0.05, 0.1) is 0 Å². The van der Waals surface area contributed by atoms with Crippen LogP contribution < -0.4 is 11.5 Å². The summed E-state index contributed by atoms with van der Waals surface area (Å²) in [5.41, 5.74) is 9.27. The Hall–Kier alpha value is -1.67. The quantitative estimate of drug-likeness (QED) is 0.437. The Morgan fingerprint density at radius 3 is 1.56 bits per heavy atom. The van der Waals surface area contributed by atoms with E-state index < -0.39 is 32.6 Å². The average Bonchev–Trinajstić information content (AvgIpc) is 2.14. The van der Waals surface area contributed by atoms with Crippen LogP contribution in [0.4, 0.5) is 0 Å². The first-order valence-corrected chi connectivity index (χ1v) is 6.22. The second-order valence-corrected chi connectivity index (χ2v) is 6.29. The normalized spacial score (nSPS) is 12.2. The zero-order valence-electron chi connectivity index (χ0n) is 10.1. The summed E-state index contributed by atoms with van der Waals surface area (Å²) in [6.45, 7) is 8.85. The van der Waals surface area contributed by atoms with E-state index in [0.717, 1.165) is 13.8 Å². The van der Waals surface area contributed by atoms with Crippen molar-refractivity contribution >= 4 is 21.9 Å². The van der Waals surface area contributed by atoms with Crippen molar-refractivity contribution in [1.29, 1.82) is 0 Å². The molecule has 0 aromatic carbocycles. The molecule has 0 heterocycles. The average molecular weight is 276 g/mol. The Morgan fingerprint density at radius 1 is 1.11 bits per heavy atom. The minimum absolute atomic E-state index is 0.374. The van der Waals surface area contributed by atoms with Crippen LogP contribution in [0.5, 0.6) is 0 Å². The summed E-state index contributed by atoms with van der Waals surface area (Å²) in [5.74, 6) is -3.43. The van der Waals surface area contributed by atoms with E-state index in [9.17, 15) is 18.0 Å². The molecule has 0 spiro atoms. The first-order chi connectivity index (χ1) is 7.84. The van der Waals surface area contributed by atoms with Gasteiger partial charge in [-0.1, -0.05) is 13.2 Å². The largest absolute Gasteiger partial charge is 0.366 e. The van der Waals surface area contributed by atoms with Crippen LogP contribution in [0.25, 0.3) is 0 Å². The fraction of sp³-hybridized carbons (Fsp3) is 0.400. The molecular formula is C10H16N2O5S. The standard InChI is InChI=1S/C10H16N2O5S/c1-5(8(11)13)7(6(2)9(12)14)10(3,4)18(15,16)17/h7H,1-2H2,3-4H3,(H2,11,13)(H2,12,14)(H,15,16,17). The van der Waals surface area contributed by atoms with E-state index >= 15 is 0 Å². The predicted octanol–water partition coefficient (Wildman–Crippen LogP) is -0.648. The number of nitrogens with two attached hydrogens (primary N) is 2. The summed E-state index contributed by atoms with van der Waals surface area (Å²) in [6, 6.07) is 0.